The van der Waals surface area contributed by atoms with Gasteiger partial charge >= 0.3 is 0 Å². The second kappa shape index (κ2) is 15.4. The lowest BCUT2D eigenvalue weighted by Crippen LogP contribution is -2.43. The molecule has 1 fully saturated rings. The number of hydrogen-bond acceptors (Lipinski definition) is 8. The van der Waals surface area contributed by atoms with Gasteiger partial charge in [-0.15, -0.1) is 0 Å². The second-order valence-corrected chi connectivity index (χ2v) is 9.19. The average Bonchev–Trinajstić information content (AvgIpc) is 2.93. The van der Waals surface area contributed by atoms with Crippen LogP contribution in [0.25, 0.3) is 0 Å². The van der Waals surface area contributed by atoms with Crippen LogP contribution in [0.3, 0.4) is 0 Å². The molecule has 0 atom stereocenters. The number of aliphatic imine (C=N–C) groups is 1. The summed E-state index contributed by atoms with van der Waals surface area (Å²) < 4.78 is 0. The van der Waals surface area contributed by atoms with Crippen molar-refractivity contribution in [3.8, 4) is 0 Å². The van der Waals surface area contributed by atoms with E-state index < -0.39 is 0 Å². The fourth-order valence-electron chi connectivity index (χ4n) is 3.61. The van der Waals surface area contributed by atoms with Crippen LogP contribution in [-0.2, 0) is 6.54 Å². The zero-order chi connectivity index (χ0) is 28.1. The van der Waals surface area contributed by atoms with Crippen LogP contribution in [0.2, 0.25) is 0 Å². The molecule has 1 aliphatic rings. The molecule has 9 nitrogen and oxygen atoms in total. The number of piperazine rings is 1. The van der Waals surface area contributed by atoms with E-state index in [4.69, 9.17) is 16.6 Å². The molecule has 7 N–H and O–H groups in total. The van der Waals surface area contributed by atoms with Crippen LogP contribution in [0.1, 0.15) is 22.8 Å². The number of amides is 1. The lowest BCUT2D eigenvalue weighted by Gasteiger charge is -2.32. The smallest absolute Gasteiger partial charge is 0.255 e. The van der Waals surface area contributed by atoms with Crippen LogP contribution < -0.4 is 22.1 Å². The van der Waals surface area contributed by atoms with Crippen molar-refractivity contribution in [3.05, 3.63) is 89.3 Å². The van der Waals surface area contributed by atoms with E-state index in [-0.39, 0.29) is 18.2 Å². The van der Waals surface area contributed by atoms with Crippen molar-refractivity contribution in [2.75, 3.05) is 57.5 Å². The Morgan fingerprint density at radius 1 is 1.11 bits per heavy atom. The molecule has 0 radical (unpaired) electrons. The molecule has 0 saturated carbocycles. The van der Waals surface area contributed by atoms with E-state index in [0.717, 1.165) is 55.4 Å². The standard InChI is InChI=1S/C21H27N5O.C8H14N2O/c1-22-19-9-6-17(14-20(19)23-2)21(27)24-18-7-4-16(5-8-18)15-26-12-10-25(3)11-13-26;1-6(2)3-4-7(9)8(10)5-11/h4-9,14,23H,1,10-13,15H2,2-3H3,(H,24,27);3-4,11H,1,5,9-10H2,2H3/b;4-3-,8-7-. The predicted molar refractivity (Wildman–Crippen MR) is 159 cm³/mol. The Kier molecular flexibility index (Phi) is 12.2. The summed E-state index contributed by atoms with van der Waals surface area (Å²) in [5.74, 6) is -0.145. The molecule has 0 aliphatic carbocycles. The number of allylic oxidation sites excluding steroid dienone is 3. The van der Waals surface area contributed by atoms with Gasteiger partial charge in [-0.3, -0.25) is 14.7 Å². The van der Waals surface area contributed by atoms with Crippen LogP contribution in [0.4, 0.5) is 17.1 Å². The van der Waals surface area contributed by atoms with Gasteiger partial charge in [0.15, 0.2) is 0 Å². The van der Waals surface area contributed by atoms with E-state index in [1.165, 1.54) is 5.56 Å². The molecule has 1 amide bonds. The van der Waals surface area contributed by atoms with E-state index in [0.29, 0.717) is 11.3 Å². The molecule has 0 bridgehead atoms. The van der Waals surface area contributed by atoms with Crippen LogP contribution in [0, 0.1) is 0 Å². The highest BCUT2D eigenvalue weighted by Crippen LogP contribution is 2.25. The zero-order valence-corrected chi connectivity index (χ0v) is 22.7. The van der Waals surface area contributed by atoms with Gasteiger partial charge in [-0.25, -0.2) is 0 Å². The van der Waals surface area contributed by atoms with Gasteiger partial charge in [0.05, 0.1) is 29.4 Å². The number of nitrogens with zero attached hydrogens (tertiary/aromatic N) is 3. The zero-order valence-electron chi connectivity index (χ0n) is 22.7. The summed E-state index contributed by atoms with van der Waals surface area (Å²) in [7, 11) is 3.96. The number of rotatable bonds is 9. The maximum atomic E-state index is 12.5. The number of carbonyl (C=O) groups is 1. The molecular formula is C29H41N7O2. The number of anilines is 2. The number of benzene rings is 2. The third kappa shape index (κ3) is 9.85. The van der Waals surface area contributed by atoms with Gasteiger partial charge in [0, 0.05) is 51.0 Å². The molecule has 9 heteroatoms. The van der Waals surface area contributed by atoms with Crippen LogP contribution in [-0.4, -0.2) is 74.4 Å². The van der Waals surface area contributed by atoms with Crippen LogP contribution >= 0.6 is 0 Å². The summed E-state index contributed by atoms with van der Waals surface area (Å²) in [6.45, 7) is 14.2. The highest BCUT2D eigenvalue weighted by atomic mass is 16.3. The first-order valence-corrected chi connectivity index (χ1v) is 12.4. The van der Waals surface area contributed by atoms with E-state index in [1.54, 1.807) is 37.4 Å². The molecule has 2 aromatic carbocycles. The lowest BCUT2D eigenvalue weighted by atomic mass is 10.1. The van der Waals surface area contributed by atoms with Gasteiger partial charge in [0.25, 0.3) is 5.91 Å². The van der Waals surface area contributed by atoms with Gasteiger partial charge in [0.2, 0.25) is 0 Å². The Hall–Kier alpha value is -3.92. The Bertz CT molecular complexity index is 1150. The quantitative estimate of drug-likeness (QED) is 0.254. The number of aliphatic hydroxyl groups excluding tert-OH is 1. The summed E-state index contributed by atoms with van der Waals surface area (Å²) >= 11 is 0. The average molecular weight is 520 g/mol. The van der Waals surface area contributed by atoms with Gasteiger partial charge in [0.1, 0.15) is 0 Å². The SMILES string of the molecule is C=C(C)/C=C\C(N)=C(\N)CO.C=Nc1ccc(C(=O)Nc2ccc(CN3CCN(C)CC3)cc2)cc1NC. The Labute approximate surface area is 226 Å². The molecule has 0 unspecified atom stereocenters. The monoisotopic (exact) mass is 519 g/mol. The van der Waals surface area contributed by atoms with Crippen molar-refractivity contribution in [1.82, 2.24) is 9.80 Å². The Morgan fingerprint density at radius 2 is 1.76 bits per heavy atom. The molecule has 0 spiro atoms. The first-order valence-electron chi connectivity index (χ1n) is 12.4. The van der Waals surface area contributed by atoms with Crippen molar-refractivity contribution in [1.29, 1.82) is 0 Å². The van der Waals surface area contributed by atoms with Crippen molar-refractivity contribution in [3.63, 3.8) is 0 Å². The summed E-state index contributed by atoms with van der Waals surface area (Å²) in [6, 6.07) is 13.4. The van der Waals surface area contributed by atoms with Crippen molar-refractivity contribution in [2.45, 2.75) is 13.5 Å². The second-order valence-electron chi connectivity index (χ2n) is 9.19. The number of nitrogens with one attached hydrogen (secondary N) is 2. The normalized spacial score (nSPS) is 14.7. The molecule has 0 aromatic heterocycles. The molecule has 3 rings (SSSR count). The summed E-state index contributed by atoms with van der Waals surface area (Å²) in [6.07, 6.45) is 3.35. The molecule has 2 aromatic rings. The Morgan fingerprint density at radius 3 is 2.32 bits per heavy atom. The van der Waals surface area contributed by atoms with Crippen LogP contribution in [0.15, 0.2) is 83.2 Å². The van der Waals surface area contributed by atoms with Gasteiger partial charge in [-0.1, -0.05) is 30.4 Å². The first kappa shape index (κ1) is 30.3. The lowest BCUT2D eigenvalue weighted by molar-refractivity contribution is 0.102. The predicted octanol–water partition coefficient (Wildman–Crippen LogP) is 3.30. The van der Waals surface area contributed by atoms with Gasteiger partial charge in [-0.2, -0.15) is 0 Å². The van der Waals surface area contributed by atoms with E-state index in [9.17, 15) is 4.79 Å². The van der Waals surface area contributed by atoms with Crippen LogP contribution in [0.5, 0.6) is 0 Å². The molecule has 204 valence electrons. The van der Waals surface area contributed by atoms with Crippen molar-refractivity contribution >= 4 is 29.7 Å². The van der Waals surface area contributed by atoms with Crippen molar-refractivity contribution in [2.24, 2.45) is 16.5 Å². The minimum absolute atomic E-state index is 0.145. The largest absolute Gasteiger partial charge is 0.398 e. The first-order chi connectivity index (χ1) is 18.2. The number of aliphatic hydroxyl groups is 1. The molecule has 1 heterocycles. The number of hydrogen-bond donors (Lipinski definition) is 5. The topological polar surface area (TPSA) is 132 Å². The number of carbonyl (C=O) groups excluding carboxylic acids is 1. The summed E-state index contributed by atoms with van der Waals surface area (Å²) in [4.78, 5) is 21.3. The minimum Gasteiger partial charge on any atom is -0.398 e. The fraction of sp³-hybridized carbons (Fsp3) is 0.310. The molecule has 38 heavy (non-hydrogen) atoms. The minimum atomic E-state index is -0.216. The summed E-state index contributed by atoms with van der Waals surface area (Å²) in [5.41, 5.74) is 16.5. The number of likely N-dealkylation sites (N-methyl/N-ethyl adjacent to an activating group) is 1. The van der Waals surface area contributed by atoms with Crippen molar-refractivity contribution < 1.29 is 9.90 Å². The molecule has 1 saturated heterocycles. The van der Waals surface area contributed by atoms with Gasteiger partial charge < -0.3 is 32.1 Å². The third-order valence-corrected chi connectivity index (χ3v) is 6.00. The highest BCUT2D eigenvalue weighted by Gasteiger charge is 2.14. The number of nitrogens with two attached hydrogens (primary N) is 2. The maximum Gasteiger partial charge on any atom is 0.255 e. The fourth-order valence-corrected chi connectivity index (χ4v) is 3.61. The maximum absolute atomic E-state index is 12.5. The summed E-state index contributed by atoms with van der Waals surface area (Å²) in [5, 5.41) is 14.5. The molecule has 1 aliphatic heterocycles. The highest BCUT2D eigenvalue weighted by molar-refractivity contribution is 6.05. The van der Waals surface area contributed by atoms with E-state index in [2.05, 4.69) is 57.9 Å². The third-order valence-electron chi connectivity index (χ3n) is 6.00. The molecular weight excluding hydrogens is 478 g/mol. The van der Waals surface area contributed by atoms with E-state index in [1.807, 2.05) is 19.1 Å². The van der Waals surface area contributed by atoms with E-state index >= 15 is 0 Å². The Balaban J connectivity index is 0.000000391. The van der Waals surface area contributed by atoms with Gasteiger partial charge in [-0.05, 0) is 62.7 Å².